The van der Waals surface area contributed by atoms with E-state index in [0.717, 1.165) is 24.1 Å². The average molecular weight is 890 g/mol. The fourth-order valence-corrected chi connectivity index (χ4v) is 2.73. The number of carbonyl (C=O) groups excluding carboxylic acids is 3. The second-order valence-corrected chi connectivity index (χ2v) is 10.2. The molecule has 0 aliphatic carbocycles. The quantitative estimate of drug-likeness (QED) is 0.0332. The van der Waals surface area contributed by atoms with Gasteiger partial charge in [-0.05, 0) is 20.3 Å². The monoisotopic (exact) mass is 889 g/mol. The van der Waals surface area contributed by atoms with Crippen molar-refractivity contribution in [2.45, 2.75) is 103 Å². The second kappa shape index (κ2) is 47.9. The number of nitrogens with zero attached hydrogens (tertiary/aromatic N) is 6. The van der Waals surface area contributed by atoms with Crippen molar-refractivity contribution in [3.8, 4) is 6.19 Å². The van der Waals surface area contributed by atoms with Crippen LogP contribution in [0.25, 0.3) is 0 Å². The number of rotatable bonds is 8. The normalized spacial score (nSPS) is 9.10. The number of hydrogen-bond acceptors (Lipinski definition) is 18. The zero-order chi connectivity index (χ0) is 44.8. The molecule has 0 amide bonds. The molecule has 0 bridgehead atoms. The molecule has 20 N–H and O–H groups in total. The van der Waals surface area contributed by atoms with E-state index in [0.29, 0.717) is 48.0 Å². The van der Waals surface area contributed by atoms with E-state index in [1.807, 2.05) is 13.8 Å². The Morgan fingerprint density at radius 1 is 0.820 bits per heavy atom. The SMILES string of the molecule is C.C.C.C.CC(=O)c1cnc(N)[nH]1.CC(O)c1cnc(N)[nH]1.CCC(=O)CN.CCC=O.CCc1cnc(N)[nH]1.CCl.CNc1ncc(C(C)O)[nH]1.N#CN.Nc1ncc[nH]1. The van der Waals surface area contributed by atoms with Gasteiger partial charge in [-0.3, -0.25) is 9.59 Å². The Morgan fingerprint density at radius 3 is 1.43 bits per heavy atom. The van der Waals surface area contributed by atoms with Crippen LogP contribution in [0.4, 0.5) is 29.7 Å². The van der Waals surface area contributed by atoms with Gasteiger partial charge in [0.1, 0.15) is 17.8 Å². The molecule has 5 rings (SSSR count). The first kappa shape index (κ1) is 72.2. The van der Waals surface area contributed by atoms with Crippen molar-refractivity contribution in [2.75, 3.05) is 48.2 Å². The number of halogens is 1. The summed E-state index contributed by atoms with van der Waals surface area (Å²) in [6.45, 7) is 10.6. The van der Waals surface area contributed by atoms with Gasteiger partial charge in [0.25, 0.3) is 0 Å². The van der Waals surface area contributed by atoms with Crippen molar-refractivity contribution in [3.05, 3.63) is 60.0 Å². The lowest BCUT2D eigenvalue weighted by atomic mass is 10.3. The maximum absolute atomic E-state index is 10.5. The molecule has 23 nitrogen and oxygen atoms in total. The van der Waals surface area contributed by atoms with E-state index in [-0.39, 0.29) is 53.8 Å². The third kappa shape index (κ3) is 42.9. The molecule has 2 unspecified atom stereocenters. The summed E-state index contributed by atoms with van der Waals surface area (Å²) in [5, 5.41) is 27.9. The Labute approximate surface area is 366 Å². The Kier molecular flexibility index (Phi) is 56.7. The number of nitrogen functional groups attached to an aromatic ring is 4. The summed E-state index contributed by atoms with van der Waals surface area (Å²) in [5.74, 6) is 2.33. The van der Waals surface area contributed by atoms with Gasteiger partial charge in [0.05, 0.1) is 54.9 Å². The van der Waals surface area contributed by atoms with Crippen LogP contribution < -0.4 is 39.7 Å². The minimum Gasteiger partial charge on any atom is -0.387 e. The summed E-state index contributed by atoms with van der Waals surface area (Å²) in [6, 6.07) is 0. The molecule has 0 saturated carbocycles. The zero-order valence-electron chi connectivity index (χ0n) is 33.7. The van der Waals surface area contributed by atoms with Crippen LogP contribution in [-0.2, 0) is 16.0 Å². The number of nitrogens with two attached hydrogens (primary N) is 6. The number of Topliss-reactive ketones (excluding diaryl/α,β-unsaturated/α-hetero) is 2. The number of H-pyrrole nitrogens is 5. The smallest absolute Gasteiger partial charge is 0.200 e. The van der Waals surface area contributed by atoms with Crippen molar-refractivity contribution < 1.29 is 24.6 Å². The van der Waals surface area contributed by atoms with E-state index < -0.39 is 12.2 Å². The van der Waals surface area contributed by atoms with Crippen molar-refractivity contribution in [2.24, 2.45) is 11.5 Å². The lowest BCUT2D eigenvalue weighted by molar-refractivity contribution is -0.117. The predicted octanol–water partition coefficient (Wildman–Crippen LogP) is 4.64. The highest BCUT2D eigenvalue weighted by molar-refractivity contribution is 6.15. The topological polar surface area (TPSA) is 427 Å². The maximum atomic E-state index is 10.5. The van der Waals surface area contributed by atoms with Crippen LogP contribution in [0.3, 0.4) is 0 Å². The van der Waals surface area contributed by atoms with Crippen molar-refractivity contribution in [1.82, 2.24) is 49.8 Å². The number of aldehydes is 1. The molecule has 5 aromatic rings. The van der Waals surface area contributed by atoms with Crippen LogP contribution in [-0.4, -0.2) is 97.9 Å². The minimum absolute atomic E-state index is 0. The fraction of sp³-hybridized carbons (Fsp3) is 0.486. The third-order valence-corrected chi connectivity index (χ3v) is 5.66. The molecule has 0 fully saturated rings. The Balaban J connectivity index is -0.0000000881. The number of aromatic nitrogens is 10. The van der Waals surface area contributed by atoms with Gasteiger partial charge < -0.3 is 79.6 Å². The van der Waals surface area contributed by atoms with Gasteiger partial charge >= 0.3 is 0 Å². The summed E-state index contributed by atoms with van der Waals surface area (Å²) < 4.78 is 0. The number of hydrogen-bond donors (Lipinski definition) is 14. The molecule has 24 heteroatoms. The number of aromatic amines is 5. The molecule has 0 aliphatic heterocycles. The lowest BCUT2D eigenvalue weighted by Gasteiger charge is -1.97. The maximum Gasteiger partial charge on any atom is 0.200 e. The van der Waals surface area contributed by atoms with E-state index in [9.17, 15) is 14.4 Å². The summed E-state index contributed by atoms with van der Waals surface area (Å²) in [7, 11) is 1.77. The molecule has 0 spiro atoms. The number of nitrogens with one attached hydrogen (secondary N) is 6. The first-order chi connectivity index (χ1) is 27.0. The van der Waals surface area contributed by atoms with Gasteiger partial charge in [0.15, 0.2) is 41.7 Å². The van der Waals surface area contributed by atoms with Gasteiger partial charge in [-0.2, -0.15) is 5.26 Å². The molecule has 61 heavy (non-hydrogen) atoms. The highest BCUT2D eigenvalue weighted by atomic mass is 35.5. The fourth-order valence-electron chi connectivity index (χ4n) is 2.73. The molecule has 352 valence electrons. The van der Waals surface area contributed by atoms with Crippen LogP contribution in [0, 0.1) is 11.5 Å². The Morgan fingerprint density at radius 2 is 1.26 bits per heavy atom. The van der Waals surface area contributed by atoms with Gasteiger partial charge in [-0.1, -0.05) is 50.5 Å². The molecule has 2 atom stereocenters. The number of ketones is 2. The Hall–Kier alpha value is -6.48. The molecule has 0 aliphatic rings. The summed E-state index contributed by atoms with van der Waals surface area (Å²) in [5.41, 5.74) is 32.8. The largest absolute Gasteiger partial charge is 0.387 e. The number of aliphatic hydroxyl groups excluding tert-OH is 2. The highest BCUT2D eigenvalue weighted by Crippen LogP contribution is 2.10. The average Bonchev–Trinajstić information content (AvgIpc) is 4.06. The van der Waals surface area contributed by atoms with Crippen LogP contribution in [0.2, 0.25) is 0 Å². The predicted molar refractivity (Wildman–Crippen MR) is 250 cm³/mol. The van der Waals surface area contributed by atoms with Crippen molar-refractivity contribution in [3.63, 3.8) is 0 Å². The number of imidazole rings is 5. The van der Waals surface area contributed by atoms with Crippen molar-refractivity contribution >= 4 is 59.2 Å². The first-order valence-electron chi connectivity index (χ1n) is 16.9. The summed E-state index contributed by atoms with van der Waals surface area (Å²) in [4.78, 5) is 62.2. The molecule has 5 heterocycles. The summed E-state index contributed by atoms with van der Waals surface area (Å²) >= 11 is 4.64. The van der Waals surface area contributed by atoms with Gasteiger partial charge in [-0.25, -0.2) is 24.9 Å². The van der Waals surface area contributed by atoms with E-state index in [4.69, 9.17) is 44.1 Å². The highest BCUT2D eigenvalue weighted by Gasteiger charge is 2.03. The number of anilines is 5. The molecule has 0 saturated heterocycles. The number of nitriles is 1. The first-order valence-corrected chi connectivity index (χ1v) is 17.6. The van der Waals surface area contributed by atoms with Crippen LogP contribution in [0.15, 0.2) is 37.2 Å². The molecule has 0 radical (unpaired) electrons. The van der Waals surface area contributed by atoms with E-state index in [1.54, 1.807) is 52.6 Å². The molecule has 5 aromatic heterocycles. The number of carbonyl (C=O) groups is 3. The van der Waals surface area contributed by atoms with Crippen LogP contribution >= 0.6 is 11.6 Å². The number of aliphatic hydroxyl groups is 2. The molecular weight excluding hydrogens is 812 g/mol. The zero-order valence-corrected chi connectivity index (χ0v) is 34.4. The van der Waals surface area contributed by atoms with Crippen LogP contribution in [0.5, 0.6) is 0 Å². The van der Waals surface area contributed by atoms with Gasteiger partial charge in [-0.15, -0.1) is 11.6 Å². The van der Waals surface area contributed by atoms with E-state index in [2.05, 4.69) is 72.5 Å². The molecule has 0 aromatic carbocycles. The minimum atomic E-state index is -0.519. The Bertz CT molecular complexity index is 1710. The van der Waals surface area contributed by atoms with Gasteiger partial charge in [0.2, 0.25) is 0 Å². The number of alkyl halides is 1. The third-order valence-electron chi connectivity index (χ3n) is 5.66. The van der Waals surface area contributed by atoms with Crippen LogP contribution in [0.1, 0.15) is 124 Å². The van der Waals surface area contributed by atoms with E-state index in [1.165, 1.54) is 31.9 Å². The lowest BCUT2D eigenvalue weighted by Crippen LogP contribution is -2.11. The summed E-state index contributed by atoms with van der Waals surface area (Å²) in [6.07, 6.45) is 14.3. The standard InChI is InChI=1S/C6H11N3O.C5H9N3O.C5H7N3O.C5H9N3.C4H9NO.C3H5N3.C3H6O.CH3Cl.CH2N2.4CH4/c1-4(10)5-3-8-6(7-2)9-5;2*1-3(9)4-2-7-5(6)8-4;1-2-4-3-7-5(6)8-4;1-2-4(6)3-5;4-3-5-1-2-6-3;1-2-3-4;1-2;2-1-3;;;;/h3-4,10H,1-2H3,(H2,7,8,9);2-3,9H,1H3,(H3,6,7,8);2H,1H3,(H3,6,7,8);3H,2H2,1H3,(H3,6,7,8);2-3,5H2,1H3;1-2H,(H3,4,5,6);3H,2H2,1H3;1H3;2H2;4*1H4. The number of aryl methyl sites for hydroxylation is 1. The molecular formula is C37H77ClN18O5. The van der Waals surface area contributed by atoms with Crippen molar-refractivity contribution in [1.29, 1.82) is 5.26 Å². The second-order valence-electron chi connectivity index (χ2n) is 10.2. The van der Waals surface area contributed by atoms with E-state index >= 15 is 0 Å². The van der Waals surface area contributed by atoms with Gasteiger partial charge in [0, 0.05) is 51.3 Å².